The summed E-state index contributed by atoms with van der Waals surface area (Å²) in [4.78, 5) is 9.34. The monoisotopic (exact) mass is 399 g/mol. The highest BCUT2D eigenvalue weighted by Gasteiger charge is 2.24. The first-order valence-electron chi connectivity index (χ1n) is 10.2. The molecule has 5 heterocycles. The molecule has 31 heavy (non-hydrogen) atoms. The normalized spacial score (nSPS) is 12.5. The number of para-hydroxylation sites is 2. The van der Waals surface area contributed by atoms with Crippen LogP contribution in [-0.4, -0.2) is 14.4 Å². The molecule has 0 radical (unpaired) electrons. The molecule has 0 N–H and O–H groups in total. The number of benzene rings is 3. The van der Waals surface area contributed by atoms with Gasteiger partial charge in [-0.25, -0.2) is 4.98 Å². The molecule has 5 aromatic heterocycles. The fourth-order valence-corrected chi connectivity index (χ4v) is 5.08. The Bertz CT molecular complexity index is 2010. The summed E-state index contributed by atoms with van der Waals surface area (Å²) in [6.07, 6.45) is 5.65. The first-order chi connectivity index (χ1) is 15.4. The third kappa shape index (κ3) is 1.74. The molecule has 8 rings (SSSR count). The molecule has 5 heteroatoms. The van der Waals surface area contributed by atoms with Gasteiger partial charge in [-0.2, -0.15) is 0 Å². The number of fused-ring (bicyclic) bond motifs is 15. The van der Waals surface area contributed by atoms with E-state index in [-0.39, 0.29) is 0 Å². The Balaban J connectivity index is 1.89. The van der Waals surface area contributed by atoms with Gasteiger partial charge < -0.3 is 8.83 Å². The van der Waals surface area contributed by atoms with E-state index in [4.69, 9.17) is 13.8 Å². The van der Waals surface area contributed by atoms with Crippen LogP contribution in [-0.2, 0) is 0 Å². The van der Waals surface area contributed by atoms with Crippen molar-refractivity contribution in [3.05, 3.63) is 79.3 Å². The van der Waals surface area contributed by atoms with Gasteiger partial charge in [-0.15, -0.1) is 0 Å². The zero-order chi connectivity index (χ0) is 20.1. The molecule has 0 fully saturated rings. The van der Waals surface area contributed by atoms with Crippen molar-refractivity contribution >= 4 is 71.3 Å². The number of furan rings is 2. The Morgan fingerprint density at radius 2 is 1.29 bits per heavy atom. The smallest absolute Gasteiger partial charge is 0.180 e. The van der Waals surface area contributed by atoms with Crippen LogP contribution in [0.25, 0.3) is 71.3 Å². The average molecular weight is 399 g/mol. The SMILES string of the molecule is c1ccc2c(c1)oc1c3oc4ccccc4c3c3c(c4cccnc4c4nccn43)c21. The van der Waals surface area contributed by atoms with E-state index in [2.05, 4.69) is 27.6 Å². The summed E-state index contributed by atoms with van der Waals surface area (Å²) in [6.45, 7) is 0. The Labute approximate surface area is 174 Å². The molecule has 0 unspecified atom stereocenters. The van der Waals surface area contributed by atoms with Crippen LogP contribution in [0.5, 0.6) is 0 Å². The average Bonchev–Trinajstić information content (AvgIpc) is 3.53. The van der Waals surface area contributed by atoms with Gasteiger partial charge in [0.25, 0.3) is 0 Å². The Hall–Kier alpha value is -4.38. The Morgan fingerprint density at radius 1 is 0.613 bits per heavy atom. The van der Waals surface area contributed by atoms with E-state index in [1.54, 1.807) is 0 Å². The number of pyridine rings is 2. The van der Waals surface area contributed by atoms with Crippen LogP contribution >= 0.6 is 0 Å². The summed E-state index contributed by atoms with van der Waals surface area (Å²) in [7, 11) is 0. The molecule has 0 aliphatic heterocycles. The lowest BCUT2D eigenvalue weighted by molar-refractivity contribution is 0.633. The minimum absolute atomic E-state index is 0.762. The number of hydrogen-bond acceptors (Lipinski definition) is 4. The minimum Gasteiger partial charge on any atom is -0.452 e. The zero-order valence-electron chi connectivity index (χ0n) is 16.2. The lowest BCUT2D eigenvalue weighted by Crippen LogP contribution is -1.93. The summed E-state index contributed by atoms with van der Waals surface area (Å²) < 4.78 is 14.9. The lowest BCUT2D eigenvalue weighted by atomic mass is 9.99. The van der Waals surface area contributed by atoms with Gasteiger partial charge in [-0.3, -0.25) is 9.38 Å². The summed E-state index contributed by atoms with van der Waals surface area (Å²) in [5.74, 6) is 0. The van der Waals surface area contributed by atoms with Gasteiger partial charge in [0.05, 0.1) is 10.9 Å². The van der Waals surface area contributed by atoms with Gasteiger partial charge in [-0.05, 0) is 18.2 Å². The maximum absolute atomic E-state index is 6.41. The van der Waals surface area contributed by atoms with Crippen molar-refractivity contribution in [1.82, 2.24) is 14.4 Å². The van der Waals surface area contributed by atoms with Gasteiger partial charge in [0.15, 0.2) is 16.8 Å². The van der Waals surface area contributed by atoms with Crippen molar-refractivity contribution in [2.45, 2.75) is 0 Å². The van der Waals surface area contributed by atoms with Crippen LogP contribution in [0.15, 0.2) is 88.1 Å². The second-order valence-electron chi connectivity index (χ2n) is 7.85. The molecule has 0 amide bonds. The fraction of sp³-hybridized carbons (Fsp3) is 0. The number of nitrogens with zero attached hydrogens (tertiary/aromatic N) is 3. The molecule has 144 valence electrons. The quantitative estimate of drug-likeness (QED) is 0.262. The first-order valence-corrected chi connectivity index (χ1v) is 10.2. The maximum Gasteiger partial charge on any atom is 0.180 e. The third-order valence-electron chi connectivity index (χ3n) is 6.29. The van der Waals surface area contributed by atoms with Crippen molar-refractivity contribution in [2.24, 2.45) is 0 Å². The molecule has 5 nitrogen and oxygen atoms in total. The fourth-order valence-electron chi connectivity index (χ4n) is 5.08. The molecule has 0 bridgehead atoms. The zero-order valence-corrected chi connectivity index (χ0v) is 16.2. The van der Waals surface area contributed by atoms with E-state index >= 15 is 0 Å². The number of aromatic nitrogens is 3. The van der Waals surface area contributed by atoms with Crippen molar-refractivity contribution < 1.29 is 8.83 Å². The van der Waals surface area contributed by atoms with Gasteiger partial charge >= 0.3 is 0 Å². The predicted octanol–water partition coefficient (Wildman–Crippen LogP) is 6.83. The van der Waals surface area contributed by atoms with Gasteiger partial charge in [0.2, 0.25) is 0 Å². The van der Waals surface area contributed by atoms with Crippen LogP contribution in [0.4, 0.5) is 0 Å². The van der Waals surface area contributed by atoms with Crippen LogP contribution in [0.2, 0.25) is 0 Å². The summed E-state index contributed by atoms with van der Waals surface area (Å²) in [5, 5.41) is 6.36. The van der Waals surface area contributed by atoms with E-state index in [1.807, 2.05) is 61.1 Å². The molecule has 8 aromatic rings. The number of imidazole rings is 1. The summed E-state index contributed by atoms with van der Waals surface area (Å²) in [5.41, 5.74) is 5.98. The van der Waals surface area contributed by atoms with Gasteiger partial charge in [0, 0.05) is 45.5 Å². The molecule has 0 aliphatic rings. The molecule has 0 spiro atoms. The number of rotatable bonds is 0. The van der Waals surface area contributed by atoms with Crippen LogP contribution < -0.4 is 0 Å². The van der Waals surface area contributed by atoms with E-state index in [1.165, 1.54) is 0 Å². The highest BCUT2D eigenvalue weighted by atomic mass is 16.4. The van der Waals surface area contributed by atoms with E-state index in [0.29, 0.717) is 0 Å². The van der Waals surface area contributed by atoms with Gasteiger partial charge in [-0.1, -0.05) is 42.5 Å². The predicted molar refractivity (Wildman–Crippen MR) is 123 cm³/mol. The topological polar surface area (TPSA) is 56.5 Å². The first kappa shape index (κ1) is 15.5. The molecule has 0 aliphatic carbocycles. The molecule has 0 saturated heterocycles. The van der Waals surface area contributed by atoms with Crippen LogP contribution in [0, 0.1) is 0 Å². The molecule has 3 aromatic carbocycles. The molecular weight excluding hydrogens is 386 g/mol. The Morgan fingerprint density at radius 3 is 2.10 bits per heavy atom. The Kier molecular flexibility index (Phi) is 2.60. The summed E-state index contributed by atoms with van der Waals surface area (Å²) >= 11 is 0. The standard InChI is InChI=1S/C26H13N3O2/c1-3-9-17-14(6-1)20-19-16-8-5-11-27-22(16)26-28-12-13-29(26)23(19)21-15-7-2-4-10-18(15)31-25(21)24(20)30-17/h1-13H. The van der Waals surface area contributed by atoms with Gasteiger partial charge in [0.1, 0.15) is 16.7 Å². The van der Waals surface area contributed by atoms with E-state index < -0.39 is 0 Å². The maximum atomic E-state index is 6.41. The lowest BCUT2D eigenvalue weighted by Gasteiger charge is -2.10. The van der Waals surface area contributed by atoms with Crippen molar-refractivity contribution in [3.63, 3.8) is 0 Å². The van der Waals surface area contributed by atoms with Crippen LogP contribution in [0.3, 0.4) is 0 Å². The highest BCUT2D eigenvalue weighted by Crippen LogP contribution is 2.46. The third-order valence-corrected chi connectivity index (χ3v) is 6.29. The number of hydrogen-bond donors (Lipinski definition) is 0. The second-order valence-corrected chi connectivity index (χ2v) is 7.85. The largest absolute Gasteiger partial charge is 0.452 e. The van der Waals surface area contributed by atoms with Crippen molar-refractivity contribution in [2.75, 3.05) is 0 Å². The second kappa shape index (κ2) is 5.21. The summed E-state index contributed by atoms with van der Waals surface area (Å²) in [6, 6.07) is 20.4. The molecule has 0 atom stereocenters. The van der Waals surface area contributed by atoms with Crippen molar-refractivity contribution in [3.8, 4) is 0 Å². The van der Waals surface area contributed by atoms with Crippen LogP contribution in [0.1, 0.15) is 0 Å². The van der Waals surface area contributed by atoms with E-state index in [9.17, 15) is 0 Å². The molecule has 0 saturated carbocycles. The molecular formula is C26H13N3O2. The van der Waals surface area contributed by atoms with Crippen molar-refractivity contribution in [1.29, 1.82) is 0 Å². The highest BCUT2D eigenvalue weighted by molar-refractivity contribution is 6.37. The minimum atomic E-state index is 0.762. The van der Waals surface area contributed by atoms with E-state index in [0.717, 1.165) is 71.3 Å².